The van der Waals surface area contributed by atoms with Gasteiger partial charge in [-0.3, -0.25) is 4.79 Å². The second-order valence-electron chi connectivity index (χ2n) is 4.51. The smallest absolute Gasteiger partial charge is 0.243 e. The van der Waals surface area contributed by atoms with Crippen molar-refractivity contribution in [3.05, 3.63) is 57.0 Å². The van der Waals surface area contributed by atoms with Crippen molar-refractivity contribution in [1.29, 1.82) is 0 Å². The highest BCUT2D eigenvalue weighted by atomic mass is 35.5. The number of aryl methyl sites for hydroxylation is 1. The molecule has 0 heterocycles. The van der Waals surface area contributed by atoms with E-state index in [2.05, 4.69) is 10.6 Å². The molecule has 0 atom stereocenters. The van der Waals surface area contributed by atoms with Crippen molar-refractivity contribution in [3.63, 3.8) is 0 Å². The molecule has 2 aromatic rings. The molecule has 1 amide bonds. The van der Waals surface area contributed by atoms with Crippen molar-refractivity contribution < 1.29 is 4.79 Å². The lowest BCUT2D eigenvalue weighted by atomic mass is 10.2. The number of benzene rings is 2. The van der Waals surface area contributed by atoms with Gasteiger partial charge < -0.3 is 10.6 Å². The number of rotatable bonds is 4. The molecule has 0 aliphatic heterocycles. The summed E-state index contributed by atoms with van der Waals surface area (Å²) in [6.07, 6.45) is 0. The maximum Gasteiger partial charge on any atom is 0.243 e. The minimum atomic E-state index is -0.240. The molecule has 2 N–H and O–H groups in total. The van der Waals surface area contributed by atoms with Crippen LogP contribution in [0.5, 0.6) is 0 Å². The minimum Gasteiger partial charge on any atom is -0.375 e. The van der Waals surface area contributed by atoms with Gasteiger partial charge >= 0.3 is 0 Å². The predicted octanol–water partition coefficient (Wildman–Crippen LogP) is 5.01. The quantitative estimate of drug-likeness (QED) is 0.819. The third kappa shape index (κ3) is 4.53. The fourth-order valence-electron chi connectivity index (χ4n) is 1.73. The summed E-state index contributed by atoms with van der Waals surface area (Å²) < 4.78 is 0. The van der Waals surface area contributed by atoms with E-state index in [1.54, 1.807) is 18.2 Å². The number of amides is 1. The van der Waals surface area contributed by atoms with Crippen LogP contribution in [0.2, 0.25) is 15.1 Å². The number of hydrogen-bond donors (Lipinski definition) is 2. The van der Waals surface area contributed by atoms with Gasteiger partial charge in [0, 0.05) is 5.02 Å². The van der Waals surface area contributed by atoms with Crippen molar-refractivity contribution in [1.82, 2.24) is 0 Å². The first-order chi connectivity index (χ1) is 9.95. The number of halogens is 3. The van der Waals surface area contributed by atoms with E-state index in [4.69, 9.17) is 34.8 Å². The summed E-state index contributed by atoms with van der Waals surface area (Å²) in [7, 11) is 0. The zero-order chi connectivity index (χ0) is 15.4. The fourth-order valence-corrected chi connectivity index (χ4v) is 2.37. The van der Waals surface area contributed by atoms with Crippen LogP contribution in [-0.4, -0.2) is 12.5 Å². The fraction of sp³-hybridized carbons (Fsp3) is 0.133. The van der Waals surface area contributed by atoms with Crippen molar-refractivity contribution in [2.45, 2.75) is 6.92 Å². The molecule has 0 aromatic heterocycles. The van der Waals surface area contributed by atoms with Crippen LogP contribution in [0, 0.1) is 6.92 Å². The number of hydrogen-bond acceptors (Lipinski definition) is 2. The molecule has 0 aliphatic carbocycles. The monoisotopic (exact) mass is 342 g/mol. The van der Waals surface area contributed by atoms with Gasteiger partial charge in [0.1, 0.15) is 0 Å². The second-order valence-corrected chi connectivity index (χ2v) is 5.76. The third-order valence-electron chi connectivity index (χ3n) is 2.77. The molecule has 0 saturated carbocycles. The first-order valence-corrected chi connectivity index (χ1v) is 7.34. The van der Waals surface area contributed by atoms with E-state index >= 15 is 0 Å². The van der Waals surface area contributed by atoms with Gasteiger partial charge in [0.05, 0.1) is 28.0 Å². The molecule has 0 saturated heterocycles. The number of anilines is 2. The average molecular weight is 344 g/mol. The minimum absolute atomic E-state index is 0.0750. The normalized spacial score (nSPS) is 10.3. The first-order valence-electron chi connectivity index (χ1n) is 6.20. The summed E-state index contributed by atoms with van der Waals surface area (Å²) in [6, 6.07) is 10.5. The maximum absolute atomic E-state index is 11.9. The molecule has 6 heteroatoms. The average Bonchev–Trinajstić information content (AvgIpc) is 2.42. The van der Waals surface area contributed by atoms with Crippen LogP contribution in [0.1, 0.15) is 5.56 Å². The van der Waals surface area contributed by atoms with Gasteiger partial charge in [-0.05, 0) is 42.8 Å². The Balaban J connectivity index is 1.97. The summed E-state index contributed by atoms with van der Waals surface area (Å²) >= 11 is 17.9. The van der Waals surface area contributed by atoms with Crippen molar-refractivity contribution in [3.8, 4) is 0 Å². The van der Waals surface area contributed by atoms with E-state index in [9.17, 15) is 4.79 Å². The maximum atomic E-state index is 11.9. The second kappa shape index (κ2) is 7.03. The Kier molecular flexibility index (Phi) is 5.34. The Morgan fingerprint density at radius 1 is 1.00 bits per heavy atom. The lowest BCUT2D eigenvalue weighted by molar-refractivity contribution is -0.114. The predicted molar refractivity (Wildman–Crippen MR) is 89.8 cm³/mol. The van der Waals surface area contributed by atoms with E-state index < -0.39 is 0 Å². The van der Waals surface area contributed by atoms with E-state index in [1.165, 1.54) is 0 Å². The van der Waals surface area contributed by atoms with Gasteiger partial charge in [-0.15, -0.1) is 0 Å². The topological polar surface area (TPSA) is 41.1 Å². The lowest BCUT2D eigenvalue weighted by Gasteiger charge is -2.10. The summed E-state index contributed by atoms with van der Waals surface area (Å²) in [6.45, 7) is 2.02. The van der Waals surface area contributed by atoms with Crippen LogP contribution < -0.4 is 10.6 Å². The molecular formula is C15H13Cl3N2O. The van der Waals surface area contributed by atoms with Crippen LogP contribution in [0.4, 0.5) is 11.4 Å². The van der Waals surface area contributed by atoms with Crippen LogP contribution >= 0.6 is 34.8 Å². The van der Waals surface area contributed by atoms with Gasteiger partial charge in [0.25, 0.3) is 0 Å². The molecule has 2 aromatic carbocycles. The van der Waals surface area contributed by atoms with Gasteiger partial charge in [-0.1, -0.05) is 40.9 Å². The van der Waals surface area contributed by atoms with Gasteiger partial charge in [0.15, 0.2) is 0 Å². The highest BCUT2D eigenvalue weighted by molar-refractivity contribution is 6.35. The first kappa shape index (κ1) is 16.0. The largest absolute Gasteiger partial charge is 0.375 e. The van der Waals surface area contributed by atoms with Gasteiger partial charge in [-0.2, -0.15) is 0 Å². The summed E-state index contributed by atoms with van der Waals surface area (Å²) in [5.74, 6) is -0.240. The third-order valence-corrected chi connectivity index (χ3v) is 3.64. The van der Waals surface area contributed by atoms with Gasteiger partial charge in [0.2, 0.25) is 5.91 Å². The molecule has 0 spiro atoms. The van der Waals surface area contributed by atoms with E-state index in [-0.39, 0.29) is 12.5 Å². The summed E-state index contributed by atoms with van der Waals surface area (Å²) in [5.41, 5.74) is 2.24. The number of carbonyl (C=O) groups is 1. The Hall–Kier alpha value is -1.42. The molecule has 0 bridgehead atoms. The summed E-state index contributed by atoms with van der Waals surface area (Å²) in [4.78, 5) is 11.9. The standard InChI is InChI=1S/C15H13Cl3N2O/c1-9-2-5-13(12(18)6-9)19-8-15(21)20-14-7-10(16)3-4-11(14)17/h2-7,19H,8H2,1H3,(H,20,21). The SMILES string of the molecule is Cc1ccc(NCC(=O)Nc2cc(Cl)ccc2Cl)c(Cl)c1. The number of nitrogens with one attached hydrogen (secondary N) is 2. The van der Waals surface area contributed by atoms with E-state index in [1.807, 2.05) is 25.1 Å². The molecule has 0 unspecified atom stereocenters. The molecule has 0 radical (unpaired) electrons. The van der Waals surface area contributed by atoms with Crippen molar-refractivity contribution in [2.75, 3.05) is 17.2 Å². The molecule has 2 rings (SSSR count). The Bertz CT molecular complexity index is 674. The van der Waals surface area contributed by atoms with Crippen molar-refractivity contribution in [2.24, 2.45) is 0 Å². The highest BCUT2D eigenvalue weighted by Gasteiger charge is 2.07. The Labute approximate surface area is 138 Å². The molecule has 0 fully saturated rings. The van der Waals surface area contributed by atoms with E-state index in [0.717, 1.165) is 5.56 Å². The zero-order valence-electron chi connectivity index (χ0n) is 11.2. The van der Waals surface area contributed by atoms with Crippen LogP contribution in [-0.2, 0) is 4.79 Å². The Morgan fingerprint density at radius 2 is 1.76 bits per heavy atom. The van der Waals surface area contributed by atoms with Crippen LogP contribution in [0.3, 0.4) is 0 Å². The molecular weight excluding hydrogens is 331 g/mol. The molecule has 3 nitrogen and oxygen atoms in total. The van der Waals surface area contributed by atoms with Crippen LogP contribution in [0.25, 0.3) is 0 Å². The van der Waals surface area contributed by atoms with E-state index in [0.29, 0.717) is 26.4 Å². The highest BCUT2D eigenvalue weighted by Crippen LogP contribution is 2.25. The molecule has 0 aliphatic rings. The molecule has 21 heavy (non-hydrogen) atoms. The number of carbonyl (C=O) groups excluding carboxylic acids is 1. The Morgan fingerprint density at radius 3 is 2.48 bits per heavy atom. The molecule has 110 valence electrons. The zero-order valence-corrected chi connectivity index (χ0v) is 13.5. The summed E-state index contributed by atoms with van der Waals surface area (Å²) in [5, 5.41) is 7.17. The van der Waals surface area contributed by atoms with Gasteiger partial charge in [-0.25, -0.2) is 0 Å². The lowest BCUT2D eigenvalue weighted by Crippen LogP contribution is -2.22. The van der Waals surface area contributed by atoms with Crippen molar-refractivity contribution >= 4 is 52.1 Å². The van der Waals surface area contributed by atoms with Crippen LogP contribution in [0.15, 0.2) is 36.4 Å².